The predicted molar refractivity (Wildman–Crippen MR) is 48.2 cm³/mol. The number of aryl methyl sites for hydroxylation is 1. The third-order valence-electron chi connectivity index (χ3n) is 1.90. The monoisotopic (exact) mass is 182 g/mol. The van der Waals surface area contributed by atoms with Crippen molar-refractivity contribution in [3.63, 3.8) is 0 Å². The molecule has 1 aromatic rings. The number of aldehydes is 1. The Hall–Kier alpha value is -1.16. The van der Waals surface area contributed by atoms with Crippen LogP contribution in [0.2, 0.25) is 0 Å². The number of carbonyl (C=O) groups is 1. The van der Waals surface area contributed by atoms with Crippen LogP contribution in [0.3, 0.4) is 0 Å². The lowest BCUT2D eigenvalue weighted by Crippen LogP contribution is -2.21. The molecule has 0 fully saturated rings. The number of carbonyl (C=O) groups excluding carboxylic acids is 1. The van der Waals surface area contributed by atoms with E-state index >= 15 is 0 Å². The summed E-state index contributed by atoms with van der Waals surface area (Å²) in [4.78, 5) is 10.5. The van der Waals surface area contributed by atoms with E-state index in [-0.39, 0.29) is 0 Å². The lowest BCUT2D eigenvalue weighted by atomic mass is 10.0. The molecule has 72 valence electrons. The van der Waals surface area contributed by atoms with Crippen molar-refractivity contribution in [3.8, 4) is 0 Å². The molecule has 0 spiro atoms. The Labute approximate surface area is 77.2 Å². The maximum Gasteiger partial charge on any atom is 0.155 e. The number of rotatable bonds is 4. The molecule has 0 radical (unpaired) electrons. The van der Waals surface area contributed by atoms with E-state index in [1.165, 1.54) is 13.1 Å². The molecule has 4 heteroatoms. The Morgan fingerprint density at radius 3 is 3.00 bits per heavy atom. The lowest BCUT2D eigenvalue weighted by Gasteiger charge is -2.11. The van der Waals surface area contributed by atoms with Gasteiger partial charge >= 0.3 is 0 Å². The zero-order chi connectivity index (χ0) is 9.90. The highest BCUT2D eigenvalue weighted by molar-refractivity contribution is 5.64. The van der Waals surface area contributed by atoms with E-state index in [4.69, 9.17) is 0 Å². The molecule has 1 N–H and O–H groups in total. The Balaban J connectivity index is 2.85. The van der Waals surface area contributed by atoms with Crippen molar-refractivity contribution in [2.45, 2.75) is 32.4 Å². The van der Waals surface area contributed by atoms with E-state index in [0.29, 0.717) is 11.8 Å². The summed E-state index contributed by atoms with van der Waals surface area (Å²) >= 11 is 0. The molecular weight excluding hydrogens is 168 g/mol. The smallest absolute Gasteiger partial charge is 0.155 e. The van der Waals surface area contributed by atoms with Crippen LogP contribution in [-0.4, -0.2) is 21.2 Å². The molecular formula is C9H14N2O2. The molecule has 1 atom stereocenters. The first-order chi connectivity index (χ1) is 6.10. The largest absolute Gasteiger partial charge is 0.378 e. The number of hydrogen-bond acceptors (Lipinski definition) is 3. The van der Waals surface area contributed by atoms with E-state index < -0.39 is 5.60 Å². The van der Waals surface area contributed by atoms with Gasteiger partial charge in [-0.25, -0.2) is 0 Å². The van der Waals surface area contributed by atoms with Gasteiger partial charge in [-0.1, -0.05) is 6.92 Å². The zero-order valence-electron chi connectivity index (χ0n) is 7.90. The normalized spacial score (nSPS) is 15.3. The van der Waals surface area contributed by atoms with Gasteiger partial charge in [0.25, 0.3) is 0 Å². The van der Waals surface area contributed by atoms with Crippen molar-refractivity contribution >= 4 is 6.29 Å². The Morgan fingerprint density at radius 2 is 2.46 bits per heavy atom. The van der Waals surface area contributed by atoms with Crippen LogP contribution in [0.25, 0.3) is 0 Å². The zero-order valence-corrected chi connectivity index (χ0v) is 7.90. The molecule has 0 aliphatic carbocycles. The molecule has 0 aliphatic rings. The van der Waals surface area contributed by atoms with Crippen LogP contribution in [0.4, 0.5) is 0 Å². The quantitative estimate of drug-likeness (QED) is 0.697. The molecule has 1 rings (SSSR count). The van der Waals surface area contributed by atoms with Gasteiger partial charge in [-0.2, -0.15) is 5.10 Å². The van der Waals surface area contributed by atoms with Gasteiger partial charge in [-0.05, 0) is 13.3 Å². The van der Waals surface area contributed by atoms with Crippen molar-refractivity contribution in [1.29, 1.82) is 0 Å². The van der Waals surface area contributed by atoms with Crippen LogP contribution in [0, 0.1) is 0 Å². The van der Waals surface area contributed by atoms with Gasteiger partial charge in [0.2, 0.25) is 0 Å². The predicted octanol–water partition coefficient (Wildman–Crippen LogP) is 0.699. The molecule has 0 saturated heterocycles. The van der Waals surface area contributed by atoms with Crippen LogP contribution in [-0.2, 0) is 16.9 Å². The number of hydrogen-bond donors (Lipinski definition) is 1. The van der Waals surface area contributed by atoms with Crippen LogP contribution < -0.4 is 0 Å². The third-order valence-corrected chi connectivity index (χ3v) is 1.90. The van der Waals surface area contributed by atoms with Gasteiger partial charge in [0.15, 0.2) is 6.29 Å². The standard InChI is InChI=1S/C9H14N2O2/c1-3-4-11-6-8(5-10-11)9(2,13)7-12/h5-7,13H,3-4H2,1-2H3. The van der Waals surface area contributed by atoms with Gasteiger partial charge in [0, 0.05) is 18.3 Å². The molecule has 4 nitrogen and oxygen atoms in total. The van der Waals surface area contributed by atoms with Crippen LogP contribution in [0.5, 0.6) is 0 Å². The van der Waals surface area contributed by atoms with Crippen molar-refractivity contribution in [2.75, 3.05) is 0 Å². The molecule has 1 heterocycles. The molecule has 13 heavy (non-hydrogen) atoms. The summed E-state index contributed by atoms with van der Waals surface area (Å²) < 4.78 is 1.72. The summed E-state index contributed by atoms with van der Waals surface area (Å²) in [5.41, 5.74) is -0.873. The molecule has 0 amide bonds. The minimum Gasteiger partial charge on any atom is -0.378 e. The van der Waals surface area contributed by atoms with E-state index in [1.54, 1.807) is 10.9 Å². The van der Waals surface area contributed by atoms with E-state index in [1.807, 2.05) is 6.92 Å². The highest BCUT2D eigenvalue weighted by Gasteiger charge is 2.23. The minimum atomic E-state index is -1.41. The second-order valence-corrected chi connectivity index (χ2v) is 3.26. The van der Waals surface area contributed by atoms with Gasteiger partial charge in [0.05, 0.1) is 6.20 Å². The maximum absolute atomic E-state index is 10.5. The van der Waals surface area contributed by atoms with Crippen LogP contribution >= 0.6 is 0 Å². The number of aliphatic hydroxyl groups is 1. The molecule has 1 unspecified atom stereocenters. The second-order valence-electron chi connectivity index (χ2n) is 3.26. The SMILES string of the molecule is CCCn1cc(C(C)(O)C=O)cn1. The lowest BCUT2D eigenvalue weighted by molar-refractivity contribution is -0.123. The van der Waals surface area contributed by atoms with E-state index in [9.17, 15) is 9.90 Å². The fraction of sp³-hybridized carbons (Fsp3) is 0.556. The second kappa shape index (κ2) is 3.70. The average Bonchev–Trinajstić information content (AvgIpc) is 2.54. The third kappa shape index (κ3) is 2.15. The topological polar surface area (TPSA) is 55.1 Å². The highest BCUT2D eigenvalue weighted by Crippen LogP contribution is 2.16. The first-order valence-electron chi connectivity index (χ1n) is 4.32. The van der Waals surface area contributed by atoms with E-state index in [0.717, 1.165) is 13.0 Å². The molecule has 1 aromatic heterocycles. The van der Waals surface area contributed by atoms with Gasteiger partial charge in [-0.3, -0.25) is 9.48 Å². The maximum atomic E-state index is 10.5. The first kappa shape index (κ1) is 9.92. The molecule has 0 aliphatic heterocycles. The van der Waals surface area contributed by atoms with Crippen molar-refractivity contribution in [1.82, 2.24) is 9.78 Å². The Bertz CT molecular complexity index is 292. The summed E-state index contributed by atoms with van der Waals surface area (Å²) in [6.45, 7) is 4.29. The Kier molecular flexibility index (Phi) is 2.83. The summed E-state index contributed by atoms with van der Waals surface area (Å²) in [6, 6.07) is 0. The van der Waals surface area contributed by atoms with Crippen molar-refractivity contribution in [2.24, 2.45) is 0 Å². The first-order valence-corrected chi connectivity index (χ1v) is 4.32. The highest BCUT2D eigenvalue weighted by atomic mass is 16.3. The van der Waals surface area contributed by atoms with Gasteiger partial charge in [-0.15, -0.1) is 0 Å². The van der Waals surface area contributed by atoms with E-state index in [2.05, 4.69) is 5.10 Å². The molecule has 0 saturated carbocycles. The van der Waals surface area contributed by atoms with Gasteiger partial charge in [0.1, 0.15) is 5.60 Å². The summed E-state index contributed by atoms with van der Waals surface area (Å²) in [7, 11) is 0. The minimum absolute atomic E-state index is 0.514. The average molecular weight is 182 g/mol. The summed E-state index contributed by atoms with van der Waals surface area (Å²) in [5, 5.41) is 13.6. The Morgan fingerprint density at radius 1 is 1.77 bits per heavy atom. The molecule has 0 aromatic carbocycles. The number of nitrogens with zero attached hydrogens (tertiary/aromatic N) is 2. The summed E-state index contributed by atoms with van der Waals surface area (Å²) in [5.74, 6) is 0. The fourth-order valence-electron chi connectivity index (χ4n) is 1.04. The molecule has 0 bridgehead atoms. The van der Waals surface area contributed by atoms with Crippen LogP contribution in [0.15, 0.2) is 12.4 Å². The number of aromatic nitrogens is 2. The van der Waals surface area contributed by atoms with Crippen molar-refractivity contribution < 1.29 is 9.90 Å². The fourth-order valence-corrected chi connectivity index (χ4v) is 1.04. The van der Waals surface area contributed by atoms with Gasteiger partial charge < -0.3 is 5.11 Å². The van der Waals surface area contributed by atoms with Crippen molar-refractivity contribution in [3.05, 3.63) is 18.0 Å². The van der Waals surface area contributed by atoms with Crippen LogP contribution in [0.1, 0.15) is 25.8 Å². The summed E-state index contributed by atoms with van der Waals surface area (Å²) in [6.07, 6.45) is 4.70.